The number of carbonyl (C=O) groups is 2. The Kier molecular flexibility index (Phi) is 5.61. The van der Waals surface area contributed by atoms with Crippen molar-refractivity contribution in [1.29, 1.82) is 0 Å². The fourth-order valence-corrected chi connectivity index (χ4v) is 5.34. The van der Waals surface area contributed by atoms with Crippen LogP contribution in [0.3, 0.4) is 0 Å². The fourth-order valence-electron chi connectivity index (χ4n) is 5.34. The lowest BCUT2D eigenvalue weighted by molar-refractivity contribution is -0.132. The van der Waals surface area contributed by atoms with Crippen LogP contribution in [0, 0.1) is 5.82 Å². The highest BCUT2D eigenvalue weighted by molar-refractivity contribution is 6.51. The lowest BCUT2D eigenvalue weighted by atomic mass is 9.85. The summed E-state index contributed by atoms with van der Waals surface area (Å²) in [5.74, 6) is -1.55. The van der Waals surface area contributed by atoms with Crippen molar-refractivity contribution in [2.24, 2.45) is 0 Å². The summed E-state index contributed by atoms with van der Waals surface area (Å²) >= 11 is 0. The second-order valence-corrected chi connectivity index (χ2v) is 11.2. The summed E-state index contributed by atoms with van der Waals surface area (Å²) in [6, 6.07) is 16.0. The number of aromatic amines is 1. The normalized spacial score (nSPS) is 20.5. The predicted octanol–water partition coefficient (Wildman–Crippen LogP) is 5.95. The summed E-state index contributed by atoms with van der Waals surface area (Å²) < 4.78 is 19.7. The average Bonchev–Trinajstić information content (AvgIpc) is 3.55. The molecule has 0 bridgehead atoms. The third kappa shape index (κ3) is 4.16. The van der Waals surface area contributed by atoms with Crippen LogP contribution in [0.5, 0.6) is 5.75 Å². The van der Waals surface area contributed by atoms with E-state index in [0.717, 1.165) is 16.9 Å². The Bertz CT molecular complexity index is 1680. The number of aromatic nitrogens is 2. The molecule has 2 N–H and O–H groups in total. The van der Waals surface area contributed by atoms with E-state index in [9.17, 15) is 19.1 Å². The van der Waals surface area contributed by atoms with Gasteiger partial charge in [0.05, 0.1) is 22.6 Å². The Balaban J connectivity index is 1.53. The predicted molar refractivity (Wildman–Crippen MR) is 146 cm³/mol. The number of hydrogen-bond acceptors (Lipinski definition) is 5. The molecule has 39 heavy (non-hydrogen) atoms. The van der Waals surface area contributed by atoms with Crippen molar-refractivity contribution in [2.45, 2.75) is 51.7 Å². The SMILES string of the molecule is CC1Cc2cc(/C(O)=C3\C(=O)C(=O)N(c4nc5ccc(F)cc5[nH]4)C3c3ccc(C(C)(C)C)cc3)ccc2O1. The van der Waals surface area contributed by atoms with E-state index in [0.29, 0.717) is 28.6 Å². The Hall–Kier alpha value is -4.46. The van der Waals surface area contributed by atoms with E-state index in [1.165, 1.54) is 23.1 Å². The molecular formula is C31H28FN3O4. The van der Waals surface area contributed by atoms with Crippen LogP contribution in [0.25, 0.3) is 16.8 Å². The summed E-state index contributed by atoms with van der Waals surface area (Å²) in [4.78, 5) is 35.8. The van der Waals surface area contributed by atoms with Crippen LogP contribution in [-0.2, 0) is 21.4 Å². The number of halogens is 1. The molecule has 2 aliphatic rings. The van der Waals surface area contributed by atoms with Crippen molar-refractivity contribution in [1.82, 2.24) is 9.97 Å². The van der Waals surface area contributed by atoms with Gasteiger partial charge in [-0.05, 0) is 65.4 Å². The second-order valence-electron chi connectivity index (χ2n) is 11.2. The molecule has 2 aliphatic heterocycles. The maximum atomic E-state index is 13.9. The highest BCUT2D eigenvalue weighted by atomic mass is 19.1. The average molecular weight is 526 g/mol. The van der Waals surface area contributed by atoms with Crippen LogP contribution in [0.2, 0.25) is 0 Å². The van der Waals surface area contributed by atoms with Gasteiger partial charge in [-0.15, -0.1) is 0 Å². The first-order valence-electron chi connectivity index (χ1n) is 12.9. The number of ketones is 1. The van der Waals surface area contributed by atoms with Gasteiger partial charge in [-0.3, -0.25) is 14.5 Å². The number of rotatable bonds is 3. The zero-order valence-electron chi connectivity index (χ0n) is 22.1. The number of H-pyrrole nitrogens is 1. The van der Waals surface area contributed by atoms with Crippen LogP contribution < -0.4 is 9.64 Å². The first-order chi connectivity index (χ1) is 18.5. The lowest BCUT2D eigenvalue weighted by Gasteiger charge is -2.25. The minimum Gasteiger partial charge on any atom is -0.507 e. The quantitative estimate of drug-likeness (QED) is 0.196. The molecular weight excluding hydrogens is 497 g/mol. The topological polar surface area (TPSA) is 95.5 Å². The number of ether oxygens (including phenoxy) is 1. The van der Waals surface area contributed by atoms with Gasteiger partial charge in [0.2, 0.25) is 5.95 Å². The van der Waals surface area contributed by atoms with Gasteiger partial charge in [0, 0.05) is 12.0 Å². The highest BCUT2D eigenvalue weighted by Crippen LogP contribution is 2.43. The van der Waals surface area contributed by atoms with Gasteiger partial charge in [0.1, 0.15) is 23.4 Å². The summed E-state index contributed by atoms with van der Waals surface area (Å²) in [7, 11) is 0. The number of imidazole rings is 1. The minimum atomic E-state index is -0.951. The van der Waals surface area contributed by atoms with E-state index in [-0.39, 0.29) is 28.8 Å². The van der Waals surface area contributed by atoms with Crippen LogP contribution in [-0.4, -0.2) is 32.9 Å². The first kappa shape index (κ1) is 24.9. The number of anilines is 1. The molecule has 2 unspecified atom stereocenters. The van der Waals surface area contributed by atoms with Crippen LogP contribution >= 0.6 is 0 Å². The molecule has 7 nitrogen and oxygen atoms in total. The Morgan fingerprint density at radius 2 is 1.82 bits per heavy atom. The van der Waals surface area contributed by atoms with E-state index in [4.69, 9.17) is 4.74 Å². The Labute approximate surface area is 224 Å². The van der Waals surface area contributed by atoms with Gasteiger partial charge in [-0.2, -0.15) is 0 Å². The minimum absolute atomic E-state index is 0.0160. The van der Waals surface area contributed by atoms with Gasteiger partial charge < -0.3 is 14.8 Å². The van der Waals surface area contributed by atoms with Crippen molar-refractivity contribution in [3.63, 3.8) is 0 Å². The zero-order valence-corrected chi connectivity index (χ0v) is 22.1. The van der Waals surface area contributed by atoms with Crippen molar-refractivity contribution in [3.05, 3.63) is 94.3 Å². The number of fused-ring (bicyclic) bond motifs is 2. The number of aliphatic hydroxyl groups excluding tert-OH is 1. The number of carbonyl (C=O) groups excluding carboxylic acids is 2. The van der Waals surface area contributed by atoms with E-state index in [2.05, 4.69) is 30.7 Å². The molecule has 1 saturated heterocycles. The van der Waals surface area contributed by atoms with Crippen LogP contribution in [0.1, 0.15) is 56.0 Å². The molecule has 3 heterocycles. The van der Waals surface area contributed by atoms with Gasteiger partial charge in [-0.1, -0.05) is 45.0 Å². The summed E-state index contributed by atoms with van der Waals surface area (Å²) in [6.07, 6.45) is 0.695. The van der Waals surface area contributed by atoms with Crippen molar-refractivity contribution >= 4 is 34.4 Å². The number of nitrogens with one attached hydrogen (secondary N) is 1. The molecule has 4 aromatic rings. The maximum Gasteiger partial charge on any atom is 0.302 e. The molecule has 8 heteroatoms. The Morgan fingerprint density at radius 3 is 2.54 bits per heavy atom. The van der Waals surface area contributed by atoms with E-state index < -0.39 is 23.5 Å². The molecule has 1 amide bonds. The molecule has 1 fully saturated rings. The smallest absolute Gasteiger partial charge is 0.302 e. The second kappa shape index (κ2) is 8.80. The fraction of sp³-hybridized carbons (Fsp3) is 0.258. The molecule has 0 spiro atoms. The lowest BCUT2D eigenvalue weighted by Crippen LogP contribution is -2.30. The van der Waals surface area contributed by atoms with Crippen LogP contribution in [0.4, 0.5) is 10.3 Å². The maximum absolute atomic E-state index is 13.9. The third-order valence-corrected chi connectivity index (χ3v) is 7.37. The molecule has 198 valence electrons. The number of amides is 1. The standard InChI is InChI=1S/C31H28FN3O4/c1-16-13-19-14-18(7-12-24(19)39-16)27(36)25-26(17-5-8-20(9-6-17)31(2,3)4)35(29(38)28(25)37)30-33-22-11-10-21(32)15-23(22)34-30/h5-12,14-16,26,36H,13H2,1-4H3,(H,33,34)/b27-25+. The van der Waals surface area contributed by atoms with Gasteiger partial charge >= 0.3 is 5.91 Å². The summed E-state index contributed by atoms with van der Waals surface area (Å²) in [5, 5.41) is 11.5. The zero-order chi connectivity index (χ0) is 27.6. The number of hydrogen-bond donors (Lipinski definition) is 2. The molecule has 2 atom stereocenters. The molecule has 0 aliphatic carbocycles. The van der Waals surface area contributed by atoms with Crippen molar-refractivity contribution in [3.8, 4) is 5.75 Å². The van der Waals surface area contributed by atoms with Crippen LogP contribution in [0.15, 0.2) is 66.2 Å². The van der Waals surface area contributed by atoms with Crippen molar-refractivity contribution < 1.29 is 23.8 Å². The highest BCUT2D eigenvalue weighted by Gasteiger charge is 2.48. The number of Topliss-reactive ketones (excluding diaryl/α,β-unsaturated/α-hetero) is 1. The van der Waals surface area contributed by atoms with E-state index >= 15 is 0 Å². The van der Waals surface area contributed by atoms with Gasteiger partial charge in [0.25, 0.3) is 5.78 Å². The monoisotopic (exact) mass is 525 g/mol. The number of aliphatic hydroxyl groups is 1. The molecule has 0 radical (unpaired) electrons. The molecule has 3 aromatic carbocycles. The number of benzene rings is 3. The van der Waals surface area contributed by atoms with Crippen molar-refractivity contribution in [2.75, 3.05) is 4.90 Å². The Morgan fingerprint density at radius 1 is 1.08 bits per heavy atom. The third-order valence-electron chi connectivity index (χ3n) is 7.37. The molecule has 1 aromatic heterocycles. The largest absolute Gasteiger partial charge is 0.507 e. The van der Waals surface area contributed by atoms with Gasteiger partial charge in [0.15, 0.2) is 0 Å². The van der Waals surface area contributed by atoms with E-state index in [1.54, 1.807) is 18.2 Å². The van der Waals surface area contributed by atoms with E-state index in [1.807, 2.05) is 31.2 Å². The summed E-state index contributed by atoms with van der Waals surface area (Å²) in [5.41, 5.74) is 3.75. The first-order valence-corrected chi connectivity index (χ1v) is 12.9. The molecule has 0 saturated carbocycles. The summed E-state index contributed by atoms with van der Waals surface area (Å²) in [6.45, 7) is 8.26. The number of nitrogens with zero attached hydrogens (tertiary/aromatic N) is 2. The molecule has 6 rings (SSSR count). The van der Waals surface area contributed by atoms with Gasteiger partial charge in [-0.25, -0.2) is 9.37 Å².